The largest absolute Gasteiger partial charge is 0.394 e. The molecule has 0 saturated carbocycles. The van der Waals surface area contributed by atoms with E-state index in [1.807, 2.05) is 13.8 Å². The van der Waals surface area contributed by atoms with Crippen LogP contribution in [-0.2, 0) is 0 Å². The number of nitrogens with zero attached hydrogens (tertiary/aromatic N) is 2. The summed E-state index contributed by atoms with van der Waals surface area (Å²) in [7, 11) is 0. The van der Waals surface area contributed by atoms with E-state index in [0.29, 0.717) is 27.9 Å². The minimum Gasteiger partial charge on any atom is -0.394 e. The Labute approximate surface area is 185 Å². The van der Waals surface area contributed by atoms with Crippen LogP contribution >= 0.6 is 11.6 Å². The Balaban J connectivity index is 1.78. The third kappa shape index (κ3) is 5.61. The first-order valence-corrected chi connectivity index (χ1v) is 10.4. The molecule has 0 fully saturated rings. The number of aromatic amines is 1. The van der Waals surface area contributed by atoms with Crippen LogP contribution in [0, 0.1) is 6.92 Å². The van der Waals surface area contributed by atoms with Crippen molar-refractivity contribution in [3.8, 4) is 11.3 Å². The van der Waals surface area contributed by atoms with E-state index in [9.17, 15) is 15.0 Å². The van der Waals surface area contributed by atoms with Crippen molar-refractivity contribution in [3.63, 3.8) is 0 Å². The molecule has 0 aliphatic carbocycles. The number of nitrogens with one attached hydrogen (secondary N) is 3. The van der Waals surface area contributed by atoms with Crippen molar-refractivity contribution in [2.45, 2.75) is 32.4 Å². The molecule has 164 valence electrons. The number of aliphatic hydroxyl groups excluding tert-OH is 2. The van der Waals surface area contributed by atoms with Crippen LogP contribution in [0.2, 0.25) is 5.02 Å². The Morgan fingerprint density at radius 2 is 2.06 bits per heavy atom. The van der Waals surface area contributed by atoms with E-state index >= 15 is 0 Å². The smallest absolute Gasteiger partial charge is 0.268 e. The van der Waals surface area contributed by atoms with Crippen LogP contribution in [0.1, 0.15) is 41.0 Å². The SMILES string of the molecule is CCC(CO)Nc1ncc(C)c(-c2c[nH]c(C(=O)NC(CO)c3cccc(Cl)c3)c2)n1. The van der Waals surface area contributed by atoms with Crippen LogP contribution in [0.25, 0.3) is 11.3 Å². The molecule has 8 nitrogen and oxygen atoms in total. The molecule has 2 unspecified atom stereocenters. The molecule has 1 amide bonds. The zero-order valence-corrected chi connectivity index (χ0v) is 18.1. The molecule has 0 aliphatic rings. The van der Waals surface area contributed by atoms with Gasteiger partial charge in [0, 0.05) is 23.0 Å². The van der Waals surface area contributed by atoms with E-state index in [-0.39, 0.29) is 25.2 Å². The zero-order chi connectivity index (χ0) is 22.4. The van der Waals surface area contributed by atoms with E-state index in [0.717, 1.165) is 17.5 Å². The average Bonchev–Trinajstić information content (AvgIpc) is 3.27. The number of rotatable bonds is 9. The molecule has 2 heterocycles. The van der Waals surface area contributed by atoms with Gasteiger partial charge in [-0.2, -0.15) is 0 Å². The summed E-state index contributed by atoms with van der Waals surface area (Å²) in [4.78, 5) is 24.5. The van der Waals surface area contributed by atoms with E-state index in [2.05, 4.69) is 25.6 Å². The van der Waals surface area contributed by atoms with Crippen molar-refractivity contribution >= 4 is 23.5 Å². The summed E-state index contributed by atoms with van der Waals surface area (Å²) in [5.41, 5.74) is 3.31. The Kier molecular flexibility index (Phi) is 7.62. The van der Waals surface area contributed by atoms with Crippen LogP contribution in [-0.4, -0.2) is 50.3 Å². The second-order valence-corrected chi connectivity index (χ2v) is 7.66. The number of carbonyl (C=O) groups is 1. The number of halogens is 1. The topological polar surface area (TPSA) is 123 Å². The van der Waals surface area contributed by atoms with E-state index in [1.54, 1.807) is 42.7 Å². The third-order valence-electron chi connectivity index (χ3n) is 4.96. The molecule has 9 heteroatoms. The standard InChI is InChI=1S/C22H26ClN5O3/c1-3-17(11-29)26-22-25-9-13(2)20(28-22)15-8-18(24-10-15)21(31)27-19(12-30)14-5-4-6-16(23)7-14/h4-10,17,19,24,29-30H,3,11-12H2,1-2H3,(H,27,31)(H,25,26,28). The normalized spacial score (nSPS) is 12.9. The number of aryl methyl sites for hydroxylation is 1. The second kappa shape index (κ2) is 10.4. The van der Waals surface area contributed by atoms with Crippen LogP contribution < -0.4 is 10.6 Å². The minimum atomic E-state index is -0.584. The lowest BCUT2D eigenvalue weighted by molar-refractivity contribution is 0.0911. The number of hydrogen-bond acceptors (Lipinski definition) is 6. The summed E-state index contributed by atoms with van der Waals surface area (Å²) >= 11 is 6.02. The van der Waals surface area contributed by atoms with E-state index < -0.39 is 6.04 Å². The van der Waals surface area contributed by atoms with Gasteiger partial charge in [0.15, 0.2) is 0 Å². The molecule has 1 aromatic carbocycles. The quantitative estimate of drug-likeness (QED) is 0.346. The summed E-state index contributed by atoms with van der Waals surface area (Å²) in [6.45, 7) is 3.57. The predicted molar refractivity (Wildman–Crippen MR) is 120 cm³/mol. The first-order chi connectivity index (χ1) is 14.9. The number of anilines is 1. The fourth-order valence-electron chi connectivity index (χ4n) is 3.12. The summed E-state index contributed by atoms with van der Waals surface area (Å²) < 4.78 is 0. The second-order valence-electron chi connectivity index (χ2n) is 7.22. The molecule has 0 aliphatic heterocycles. The van der Waals surface area contributed by atoms with E-state index in [1.165, 1.54) is 0 Å². The van der Waals surface area contributed by atoms with Gasteiger partial charge in [0.25, 0.3) is 5.91 Å². The summed E-state index contributed by atoms with van der Waals surface area (Å²) in [5, 5.41) is 25.5. The van der Waals surface area contributed by atoms with Crippen LogP contribution in [0.3, 0.4) is 0 Å². The molecular formula is C22H26ClN5O3. The first-order valence-electron chi connectivity index (χ1n) is 10.0. The highest BCUT2D eigenvalue weighted by atomic mass is 35.5. The number of aromatic nitrogens is 3. The van der Waals surface area contributed by atoms with Crippen molar-refractivity contribution in [1.29, 1.82) is 0 Å². The van der Waals surface area contributed by atoms with Crippen LogP contribution in [0.15, 0.2) is 42.7 Å². The number of aliphatic hydroxyl groups is 2. The van der Waals surface area contributed by atoms with Gasteiger partial charge >= 0.3 is 0 Å². The maximum absolute atomic E-state index is 12.7. The Hall–Kier alpha value is -2.94. The fraction of sp³-hybridized carbons (Fsp3) is 0.318. The van der Waals surface area contributed by atoms with Gasteiger partial charge in [-0.15, -0.1) is 0 Å². The fourth-order valence-corrected chi connectivity index (χ4v) is 3.32. The molecule has 31 heavy (non-hydrogen) atoms. The molecule has 0 saturated heterocycles. The van der Waals surface area contributed by atoms with Gasteiger partial charge < -0.3 is 25.8 Å². The van der Waals surface area contributed by atoms with Gasteiger partial charge in [0.1, 0.15) is 5.69 Å². The van der Waals surface area contributed by atoms with Gasteiger partial charge in [0.2, 0.25) is 5.95 Å². The summed E-state index contributed by atoms with van der Waals surface area (Å²) in [5.74, 6) is 0.0525. The molecule has 0 bridgehead atoms. The maximum Gasteiger partial charge on any atom is 0.268 e. The van der Waals surface area contributed by atoms with Crippen LogP contribution in [0.5, 0.6) is 0 Å². The third-order valence-corrected chi connectivity index (χ3v) is 5.19. The Morgan fingerprint density at radius 3 is 2.74 bits per heavy atom. The highest BCUT2D eigenvalue weighted by molar-refractivity contribution is 6.30. The zero-order valence-electron chi connectivity index (χ0n) is 17.4. The lowest BCUT2D eigenvalue weighted by Gasteiger charge is -2.16. The highest BCUT2D eigenvalue weighted by Crippen LogP contribution is 2.24. The summed E-state index contributed by atoms with van der Waals surface area (Å²) in [6, 6.07) is 7.98. The molecule has 3 rings (SSSR count). The van der Waals surface area contributed by atoms with Crippen molar-refractivity contribution in [2.75, 3.05) is 18.5 Å². The Morgan fingerprint density at radius 1 is 1.26 bits per heavy atom. The van der Waals surface area contributed by atoms with Crippen LogP contribution in [0.4, 0.5) is 5.95 Å². The monoisotopic (exact) mass is 443 g/mol. The Bertz CT molecular complexity index is 1040. The van der Waals surface area contributed by atoms with Gasteiger partial charge in [-0.05, 0) is 42.7 Å². The minimum absolute atomic E-state index is 0.0177. The molecule has 0 spiro atoms. The van der Waals surface area contributed by atoms with E-state index in [4.69, 9.17) is 11.6 Å². The number of carbonyl (C=O) groups excluding carboxylic acids is 1. The molecule has 3 aromatic rings. The lowest BCUT2D eigenvalue weighted by atomic mass is 10.1. The molecule has 2 aromatic heterocycles. The molecular weight excluding hydrogens is 418 g/mol. The molecule has 0 radical (unpaired) electrons. The van der Waals surface area contributed by atoms with Gasteiger partial charge in [-0.25, -0.2) is 9.97 Å². The number of amides is 1. The predicted octanol–water partition coefficient (Wildman–Crippen LogP) is 3.08. The average molecular weight is 444 g/mol. The number of hydrogen-bond donors (Lipinski definition) is 5. The summed E-state index contributed by atoms with van der Waals surface area (Å²) in [6.07, 6.45) is 4.13. The first kappa shape index (κ1) is 22.7. The molecule has 2 atom stereocenters. The van der Waals surface area contributed by atoms with Gasteiger partial charge in [-0.3, -0.25) is 4.79 Å². The lowest BCUT2D eigenvalue weighted by Crippen LogP contribution is -2.31. The number of H-pyrrole nitrogens is 1. The van der Waals surface area contributed by atoms with Crippen molar-refractivity contribution in [1.82, 2.24) is 20.3 Å². The van der Waals surface area contributed by atoms with Crippen molar-refractivity contribution < 1.29 is 15.0 Å². The van der Waals surface area contributed by atoms with Gasteiger partial charge in [0.05, 0.1) is 31.0 Å². The van der Waals surface area contributed by atoms with Gasteiger partial charge in [-0.1, -0.05) is 30.7 Å². The van der Waals surface area contributed by atoms with Crippen molar-refractivity contribution in [2.24, 2.45) is 0 Å². The number of benzene rings is 1. The maximum atomic E-state index is 12.7. The highest BCUT2D eigenvalue weighted by Gasteiger charge is 2.18. The molecule has 5 N–H and O–H groups in total. The van der Waals surface area contributed by atoms with Crippen molar-refractivity contribution in [3.05, 3.63) is 64.6 Å².